The molecule has 0 bridgehead atoms. The van der Waals surface area contributed by atoms with E-state index in [1.54, 1.807) is 0 Å². The van der Waals surface area contributed by atoms with Gasteiger partial charge in [-0.2, -0.15) is 0 Å². The molecule has 3 nitrogen and oxygen atoms in total. The molecule has 2 unspecified atom stereocenters. The van der Waals surface area contributed by atoms with Crippen LogP contribution in [-0.2, 0) is 4.74 Å². The molecule has 106 valence electrons. The summed E-state index contributed by atoms with van der Waals surface area (Å²) in [5.41, 5.74) is 0.204. The van der Waals surface area contributed by atoms with Crippen LogP contribution in [0, 0.1) is 5.92 Å². The maximum Gasteiger partial charge on any atom is 0.0697 e. The molecule has 1 heterocycles. The molecular weight excluding hydrogens is 226 g/mol. The number of hydrogen-bond acceptors (Lipinski definition) is 3. The molecule has 0 radical (unpaired) electrons. The van der Waals surface area contributed by atoms with Crippen molar-refractivity contribution in [2.75, 3.05) is 13.2 Å². The minimum absolute atomic E-state index is 0.194. The number of aliphatic hydroxyl groups is 1. The fraction of sp³-hybridized carbons (Fsp3) is 1.00. The van der Waals surface area contributed by atoms with Crippen molar-refractivity contribution in [2.24, 2.45) is 5.92 Å². The fourth-order valence-corrected chi connectivity index (χ4v) is 3.41. The van der Waals surface area contributed by atoms with Crippen molar-refractivity contribution in [3.05, 3.63) is 0 Å². The van der Waals surface area contributed by atoms with E-state index in [4.69, 9.17) is 4.74 Å². The molecule has 2 fully saturated rings. The van der Waals surface area contributed by atoms with Crippen LogP contribution in [-0.4, -0.2) is 36.0 Å². The topological polar surface area (TPSA) is 41.5 Å². The molecule has 0 amide bonds. The van der Waals surface area contributed by atoms with Crippen LogP contribution in [0.15, 0.2) is 0 Å². The minimum Gasteiger partial charge on any atom is -0.392 e. The highest BCUT2D eigenvalue weighted by Crippen LogP contribution is 2.42. The zero-order valence-electron chi connectivity index (χ0n) is 12.0. The predicted octanol–water partition coefficient (Wildman–Crippen LogP) is 2.47. The summed E-state index contributed by atoms with van der Waals surface area (Å²) in [6.07, 6.45) is 7.97. The molecule has 0 aromatic rings. The standard InChI is InChI=1S/C15H29NO2/c1-3-12(4-2)14(17)11-16-13-6-9-18-15(10-13)7-5-8-15/h12-14,16-17H,3-11H2,1-2H3. The summed E-state index contributed by atoms with van der Waals surface area (Å²) >= 11 is 0. The van der Waals surface area contributed by atoms with Crippen molar-refractivity contribution in [1.29, 1.82) is 0 Å². The van der Waals surface area contributed by atoms with Gasteiger partial charge in [-0.05, 0) is 38.0 Å². The average Bonchev–Trinajstić information content (AvgIpc) is 2.36. The Kier molecular flexibility index (Phi) is 5.05. The summed E-state index contributed by atoms with van der Waals surface area (Å²) < 4.78 is 5.93. The van der Waals surface area contributed by atoms with Crippen LogP contribution < -0.4 is 5.32 Å². The van der Waals surface area contributed by atoms with Gasteiger partial charge in [-0.25, -0.2) is 0 Å². The molecule has 0 aromatic carbocycles. The molecule has 2 rings (SSSR count). The third kappa shape index (κ3) is 3.25. The van der Waals surface area contributed by atoms with Crippen molar-refractivity contribution >= 4 is 0 Å². The summed E-state index contributed by atoms with van der Waals surface area (Å²) in [5.74, 6) is 0.440. The van der Waals surface area contributed by atoms with E-state index in [1.807, 2.05) is 0 Å². The van der Waals surface area contributed by atoms with Gasteiger partial charge < -0.3 is 15.2 Å². The molecule has 1 saturated heterocycles. The first-order chi connectivity index (χ1) is 8.69. The molecule has 2 atom stereocenters. The summed E-state index contributed by atoms with van der Waals surface area (Å²) in [4.78, 5) is 0. The first kappa shape index (κ1) is 14.3. The highest BCUT2D eigenvalue weighted by molar-refractivity contribution is 4.96. The zero-order valence-corrected chi connectivity index (χ0v) is 12.0. The monoisotopic (exact) mass is 255 g/mol. The number of nitrogens with one attached hydrogen (secondary N) is 1. The highest BCUT2D eigenvalue weighted by Gasteiger charge is 2.42. The number of hydrogen-bond donors (Lipinski definition) is 2. The van der Waals surface area contributed by atoms with Gasteiger partial charge in [-0.1, -0.05) is 26.7 Å². The van der Waals surface area contributed by atoms with Crippen LogP contribution in [0.25, 0.3) is 0 Å². The van der Waals surface area contributed by atoms with E-state index >= 15 is 0 Å². The van der Waals surface area contributed by atoms with Crippen LogP contribution >= 0.6 is 0 Å². The van der Waals surface area contributed by atoms with Gasteiger partial charge in [0.1, 0.15) is 0 Å². The SMILES string of the molecule is CCC(CC)C(O)CNC1CCOC2(CCC2)C1. The van der Waals surface area contributed by atoms with E-state index in [2.05, 4.69) is 19.2 Å². The Morgan fingerprint density at radius 3 is 2.61 bits per heavy atom. The minimum atomic E-state index is -0.194. The molecule has 1 saturated carbocycles. The Balaban J connectivity index is 1.72. The normalized spacial score (nSPS) is 28.3. The lowest BCUT2D eigenvalue weighted by Gasteiger charge is -2.47. The van der Waals surface area contributed by atoms with Crippen LogP contribution in [0.5, 0.6) is 0 Å². The Morgan fingerprint density at radius 2 is 2.06 bits per heavy atom. The quantitative estimate of drug-likeness (QED) is 0.766. The van der Waals surface area contributed by atoms with E-state index in [0.717, 1.165) is 38.8 Å². The van der Waals surface area contributed by atoms with E-state index in [9.17, 15) is 5.11 Å². The zero-order chi connectivity index (χ0) is 13.0. The summed E-state index contributed by atoms with van der Waals surface area (Å²) in [5, 5.41) is 13.7. The number of aliphatic hydroxyl groups excluding tert-OH is 1. The first-order valence-electron chi connectivity index (χ1n) is 7.74. The van der Waals surface area contributed by atoms with Gasteiger partial charge in [0.2, 0.25) is 0 Å². The molecule has 0 aromatic heterocycles. The molecule has 18 heavy (non-hydrogen) atoms. The fourth-order valence-electron chi connectivity index (χ4n) is 3.41. The summed E-state index contributed by atoms with van der Waals surface area (Å²) in [6, 6.07) is 0.545. The second-order valence-corrected chi connectivity index (χ2v) is 6.13. The lowest BCUT2D eigenvalue weighted by Crippen LogP contribution is -2.52. The maximum atomic E-state index is 10.1. The van der Waals surface area contributed by atoms with E-state index in [1.165, 1.54) is 19.3 Å². The van der Waals surface area contributed by atoms with E-state index in [-0.39, 0.29) is 11.7 Å². The molecule has 2 N–H and O–H groups in total. The molecular formula is C15H29NO2. The Labute approximate surface area is 111 Å². The largest absolute Gasteiger partial charge is 0.392 e. The van der Waals surface area contributed by atoms with Crippen molar-refractivity contribution in [2.45, 2.75) is 76.5 Å². The van der Waals surface area contributed by atoms with E-state index < -0.39 is 0 Å². The van der Waals surface area contributed by atoms with Crippen molar-refractivity contribution in [1.82, 2.24) is 5.32 Å². The van der Waals surface area contributed by atoms with Crippen molar-refractivity contribution in [3.63, 3.8) is 0 Å². The Morgan fingerprint density at radius 1 is 1.33 bits per heavy atom. The van der Waals surface area contributed by atoms with Crippen LogP contribution in [0.3, 0.4) is 0 Å². The third-order valence-electron chi connectivity index (χ3n) is 4.97. The van der Waals surface area contributed by atoms with E-state index in [0.29, 0.717) is 12.0 Å². The lowest BCUT2D eigenvalue weighted by molar-refractivity contribution is -0.136. The molecule has 1 aliphatic carbocycles. The average molecular weight is 255 g/mol. The molecule has 1 aliphatic heterocycles. The maximum absolute atomic E-state index is 10.1. The number of ether oxygens (including phenoxy) is 1. The second-order valence-electron chi connectivity index (χ2n) is 6.13. The van der Waals surface area contributed by atoms with Crippen molar-refractivity contribution < 1.29 is 9.84 Å². The second kappa shape index (κ2) is 6.36. The van der Waals surface area contributed by atoms with Crippen LogP contribution in [0.1, 0.15) is 58.8 Å². The molecule has 2 aliphatic rings. The molecule has 1 spiro atoms. The molecule has 3 heteroatoms. The van der Waals surface area contributed by atoms with Gasteiger partial charge in [0, 0.05) is 19.2 Å². The van der Waals surface area contributed by atoms with Gasteiger partial charge in [0.05, 0.1) is 11.7 Å². The number of rotatable bonds is 6. The highest BCUT2D eigenvalue weighted by atomic mass is 16.5. The summed E-state index contributed by atoms with van der Waals surface area (Å²) in [7, 11) is 0. The van der Waals surface area contributed by atoms with Crippen LogP contribution in [0.2, 0.25) is 0 Å². The predicted molar refractivity (Wildman–Crippen MR) is 73.6 cm³/mol. The lowest BCUT2D eigenvalue weighted by atomic mass is 9.74. The third-order valence-corrected chi connectivity index (χ3v) is 4.97. The van der Waals surface area contributed by atoms with Gasteiger partial charge in [-0.3, -0.25) is 0 Å². The first-order valence-corrected chi connectivity index (χ1v) is 7.74. The van der Waals surface area contributed by atoms with Crippen LogP contribution in [0.4, 0.5) is 0 Å². The summed E-state index contributed by atoms with van der Waals surface area (Å²) in [6.45, 7) is 5.95. The van der Waals surface area contributed by atoms with Crippen molar-refractivity contribution in [3.8, 4) is 0 Å². The Hall–Kier alpha value is -0.120. The Bertz CT molecular complexity index is 249. The van der Waals surface area contributed by atoms with Gasteiger partial charge in [0.15, 0.2) is 0 Å². The van der Waals surface area contributed by atoms with Gasteiger partial charge >= 0.3 is 0 Å². The smallest absolute Gasteiger partial charge is 0.0697 e. The van der Waals surface area contributed by atoms with Gasteiger partial charge in [0.25, 0.3) is 0 Å². The van der Waals surface area contributed by atoms with Gasteiger partial charge in [-0.15, -0.1) is 0 Å².